The van der Waals surface area contributed by atoms with Crippen LogP contribution in [0.2, 0.25) is 0 Å². The van der Waals surface area contributed by atoms with E-state index in [2.05, 4.69) is 47.5 Å². The van der Waals surface area contributed by atoms with Gasteiger partial charge in [-0.05, 0) is 60.5 Å². The van der Waals surface area contributed by atoms with Crippen LogP contribution in [0.25, 0.3) is 0 Å². The minimum absolute atomic E-state index is 0.0475. The molecule has 1 amide bonds. The van der Waals surface area contributed by atoms with Crippen LogP contribution >= 0.6 is 0 Å². The molecule has 1 saturated heterocycles. The number of piperidine rings is 1. The lowest BCUT2D eigenvalue weighted by Gasteiger charge is -2.30. The molecule has 2 aromatic rings. The van der Waals surface area contributed by atoms with E-state index in [1.54, 1.807) is 0 Å². The van der Waals surface area contributed by atoms with Crippen molar-refractivity contribution in [1.82, 2.24) is 10.2 Å². The van der Waals surface area contributed by atoms with Crippen LogP contribution in [0.4, 0.5) is 0 Å². The maximum absolute atomic E-state index is 12.8. The smallest absolute Gasteiger partial charge is 0.254 e. The zero-order valence-corrected chi connectivity index (χ0v) is 16.7. The van der Waals surface area contributed by atoms with Gasteiger partial charge in [0.2, 0.25) is 0 Å². The second kappa shape index (κ2) is 8.89. The lowest BCUT2D eigenvalue weighted by atomic mass is 9.97. The van der Waals surface area contributed by atoms with Gasteiger partial charge < -0.3 is 10.1 Å². The van der Waals surface area contributed by atoms with Gasteiger partial charge in [0.1, 0.15) is 0 Å². The van der Waals surface area contributed by atoms with Crippen molar-refractivity contribution in [3.8, 4) is 0 Å². The van der Waals surface area contributed by atoms with E-state index in [1.165, 1.54) is 29.5 Å². The van der Waals surface area contributed by atoms with Crippen molar-refractivity contribution in [2.45, 2.75) is 45.4 Å². The molecule has 148 valence electrons. The number of hydrogen-bond donors (Lipinski definition) is 1. The molecular weight excluding hydrogens is 348 g/mol. The van der Waals surface area contributed by atoms with E-state index in [-0.39, 0.29) is 5.91 Å². The average Bonchev–Trinajstić information content (AvgIpc) is 2.74. The Bertz CT molecular complexity index is 812. The fourth-order valence-corrected chi connectivity index (χ4v) is 4.23. The van der Waals surface area contributed by atoms with Crippen LogP contribution in [0.1, 0.15) is 48.1 Å². The number of fused-ring (bicyclic) bond motifs is 1. The molecule has 0 bridgehead atoms. The first kappa shape index (κ1) is 19.2. The van der Waals surface area contributed by atoms with Gasteiger partial charge in [0, 0.05) is 13.1 Å². The first-order valence-electron chi connectivity index (χ1n) is 10.5. The molecule has 4 rings (SSSR count). The van der Waals surface area contributed by atoms with Gasteiger partial charge in [0.15, 0.2) is 6.10 Å². The van der Waals surface area contributed by atoms with Crippen LogP contribution in [0, 0.1) is 5.92 Å². The lowest BCUT2D eigenvalue weighted by Crippen LogP contribution is -2.34. The Morgan fingerprint density at radius 1 is 1.07 bits per heavy atom. The number of amides is 1. The van der Waals surface area contributed by atoms with Gasteiger partial charge >= 0.3 is 0 Å². The second-order valence-electron chi connectivity index (χ2n) is 8.14. The predicted molar refractivity (Wildman–Crippen MR) is 111 cm³/mol. The number of ether oxygens (including phenoxy) is 1. The van der Waals surface area contributed by atoms with Gasteiger partial charge in [0.25, 0.3) is 5.91 Å². The molecule has 4 heteroatoms. The van der Waals surface area contributed by atoms with Crippen LogP contribution in [0.15, 0.2) is 48.5 Å². The largest absolute Gasteiger partial charge is 0.363 e. The highest BCUT2D eigenvalue weighted by Gasteiger charge is 2.27. The molecule has 28 heavy (non-hydrogen) atoms. The van der Waals surface area contributed by atoms with Gasteiger partial charge in [-0.25, -0.2) is 0 Å². The monoisotopic (exact) mass is 378 g/mol. The summed E-state index contributed by atoms with van der Waals surface area (Å²) in [4.78, 5) is 15.4. The van der Waals surface area contributed by atoms with Crippen molar-refractivity contribution < 1.29 is 9.53 Å². The number of rotatable bonds is 5. The molecule has 2 aromatic carbocycles. The molecule has 0 spiro atoms. The number of hydrogen-bond acceptors (Lipinski definition) is 3. The third-order valence-corrected chi connectivity index (χ3v) is 6.07. The summed E-state index contributed by atoms with van der Waals surface area (Å²) < 4.78 is 5.80. The van der Waals surface area contributed by atoms with Crippen molar-refractivity contribution in [1.29, 1.82) is 0 Å². The zero-order chi connectivity index (χ0) is 19.3. The van der Waals surface area contributed by atoms with Gasteiger partial charge in [-0.3, -0.25) is 9.69 Å². The van der Waals surface area contributed by atoms with E-state index in [4.69, 9.17) is 4.74 Å². The zero-order valence-electron chi connectivity index (χ0n) is 16.7. The summed E-state index contributed by atoms with van der Waals surface area (Å²) in [5.41, 5.74) is 4.72. The predicted octanol–water partition coefficient (Wildman–Crippen LogP) is 3.85. The highest BCUT2D eigenvalue weighted by molar-refractivity contribution is 5.82. The van der Waals surface area contributed by atoms with Crippen LogP contribution in [-0.2, 0) is 29.0 Å². The number of likely N-dealkylation sites (tertiary alicyclic amines) is 1. The molecule has 1 N–H and O–H groups in total. The quantitative estimate of drug-likeness (QED) is 0.859. The van der Waals surface area contributed by atoms with E-state index in [0.29, 0.717) is 13.2 Å². The third kappa shape index (κ3) is 4.45. The number of nitrogens with one attached hydrogen (secondary N) is 1. The second-order valence-corrected chi connectivity index (χ2v) is 8.14. The number of nitrogens with zero attached hydrogens (tertiary/aromatic N) is 1. The Labute approximate surface area is 167 Å². The van der Waals surface area contributed by atoms with Crippen LogP contribution in [0.5, 0.6) is 0 Å². The Hall–Kier alpha value is -2.17. The van der Waals surface area contributed by atoms with E-state index < -0.39 is 6.10 Å². The molecule has 0 unspecified atom stereocenters. The van der Waals surface area contributed by atoms with Crippen molar-refractivity contribution in [3.63, 3.8) is 0 Å². The SMILES string of the molecule is CC1CCN(Cc2ccccc2CNC(=O)[C@H]2OCCc3ccccc32)CC1. The van der Waals surface area contributed by atoms with Gasteiger partial charge in [-0.1, -0.05) is 55.5 Å². The fraction of sp³-hybridized carbons (Fsp3) is 0.458. The maximum Gasteiger partial charge on any atom is 0.254 e. The molecule has 2 aliphatic rings. The highest BCUT2D eigenvalue weighted by atomic mass is 16.5. The molecular formula is C24H30N2O2. The van der Waals surface area contributed by atoms with E-state index >= 15 is 0 Å². The van der Waals surface area contributed by atoms with Crippen LogP contribution in [0.3, 0.4) is 0 Å². The summed E-state index contributed by atoms with van der Waals surface area (Å²) in [5, 5.41) is 3.11. The van der Waals surface area contributed by atoms with Crippen molar-refractivity contribution in [2.75, 3.05) is 19.7 Å². The van der Waals surface area contributed by atoms with Gasteiger partial charge in [0.05, 0.1) is 6.61 Å². The van der Waals surface area contributed by atoms with Crippen LogP contribution in [-0.4, -0.2) is 30.5 Å². The van der Waals surface area contributed by atoms with Crippen molar-refractivity contribution in [3.05, 3.63) is 70.8 Å². The molecule has 0 saturated carbocycles. The molecule has 4 nitrogen and oxygen atoms in total. The average molecular weight is 379 g/mol. The topological polar surface area (TPSA) is 41.6 Å². The summed E-state index contributed by atoms with van der Waals surface area (Å²) >= 11 is 0. The molecule has 2 heterocycles. The summed E-state index contributed by atoms with van der Waals surface area (Å²) in [5.74, 6) is 0.790. The minimum Gasteiger partial charge on any atom is -0.363 e. The number of carbonyl (C=O) groups is 1. The van der Waals surface area contributed by atoms with E-state index in [0.717, 1.165) is 37.5 Å². The Morgan fingerprint density at radius 2 is 1.79 bits per heavy atom. The van der Waals surface area contributed by atoms with E-state index in [1.807, 2.05) is 18.2 Å². The number of carbonyl (C=O) groups excluding carboxylic acids is 1. The summed E-state index contributed by atoms with van der Waals surface area (Å²) in [6, 6.07) is 16.5. The highest BCUT2D eigenvalue weighted by Crippen LogP contribution is 2.27. The Morgan fingerprint density at radius 3 is 2.61 bits per heavy atom. The Balaban J connectivity index is 1.39. The Kier molecular flexibility index (Phi) is 6.08. The third-order valence-electron chi connectivity index (χ3n) is 6.07. The summed E-state index contributed by atoms with van der Waals surface area (Å²) in [7, 11) is 0. The summed E-state index contributed by atoms with van der Waals surface area (Å²) in [6.07, 6.45) is 2.92. The fourth-order valence-electron chi connectivity index (χ4n) is 4.23. The normalized spacial score (nSPS) is 20.5. The first-order chi connectivity index (χ1) is 13.7. The van der Waals surface area contributed by atoms with Crippen molar-refractivity contribution in [2.24, 2.45) is 5.92 Å². The van der Waals surface area contributed by atoms with Crippen LogP contribution < -0.4 is 5.32 Å². The molecule has 0 aliphatic carbocycles. The first-order valence-corrected chi connectivity index (χ1v) is 10.5. The number of benzene rings is 2. The van der Waals surface area contributed by atoms with E-state index in [9.17, 15) is 4.79 Å². The lowest BCUT2D eigenvalue weighted by molar-refractivity contribution is -0.134. The molecule has 0 aromatic heterocycles. The van der Waals surface area contributed by atoms with Gasteiger partial charge in [-0.2, -0.15) is 0 Å². The molecule has 1 fully saturated rings. The minimum atomic E-state index is -0.499. The van der Waals surface area contributed by atoms with Crippen molar-refractivity contribution >= 4 is 5.91 Å². The molecule has 0 radical (unpaired) electrons. The standard InChI is InChI=1S/C24H30N2O2/c1-18-10-13-26(14-11-18)17-21-8-3-2-7-20(21)16-25-24(27)23-22-9-5-4-6-19(22)12-15-28-23/h2-9,18,23H,10-17H2,1H3,(H,25,27)/t23-/m0/s1. The summed E-state index contributed by atoms with van der Waals surface area (Å²) in [6.45, 7) is 6.76. The molecule has 2 aliphatic heterocycles. The molecule has 1 atom stereocenters. The maximum atomic E-state index is 12.8. The van der Waals surface area contributed by atoms with Gasteiger partial charge in [-0.15, -0.1) is 0 Å².